The van der Waals surface area contributed by atoms with Gasteiger partial charge < -0.3 is 0 Å². The standard InChI is InChI=1S/C21H13Cl2F2N3O3S/c1-32(30,31)27-21(29)15-7-17(23)19(8-18(15)25)28-10-16(11-3-2-4-13(24)5-11)14-6-12(22)9-26-20(14)28/h2-10H,1H3,(H,27,29). The number of benzene rings is 2. The first kappa shape index (κ1) is 22.2. The van der Waals surface area contributed by atoms with Crippen LogP contribution in [-0.2, 0) is 10.0 Å². The van der Waals surface area contributed by atoms with Gasteiger partial charge in [-0.15, -0.1) is 0 Å². The summed E-state index contributed by atoms with van der Waals surface area (Å²) in [6.45, 7) is 0. The predicted molar refractivity (Wildman–Crippen MR) is 119 cm³/mol. The Morgan fingerprint density at radius 2 is 1.88 bits per heavy atom. The van der Waals surface area contributed by atoms with Gasteiger partial charge in [0.15, 0.2) is 0 Å². The molecule has 2 heterocycles. The van der Waals surface area contributed by atoms with Crippen LogP contribution in [0.5, 0.6) is 0 Å². The molecule has 2 aromatic carbocycles. The van der Waals surface area contributed by atoms with Crippen LogP contribution in [0.15, 0.2) is 54.9 Å². The zero-order valence-electron chi connectivity index (χ0n) is 16.2. The Balaban J connectivity index is 1.91. The van der Waals surface area contributed by atoms with Gasteiger partial charge in [0.2, 0.25) is 10.0 Å². The van der Waals surface area contributed by atoms with Crippen molar-refractivity contribution in [2.45, 2.75) is 0 Å². The molecule has 0 bridgehead atoms. The topological polar surface area (TPSA) is 81.1 Å². The fraction of sp³-hybridized carbons (Fsp3) is 0.0476. The van der Waals surface area contributed by atoms with Crippen LogP contribution in [0, 0.1) is 11.6 Å². The summed E-state index contributed by atoms with van der Waals surface area (Å²) < 4.78 is 54.4. The fourth-order valence-electron chi connectivity index (χ4n) is 3.27. The lowest BCUT2D eigenvalue weighted by molar-refractivity contribution is 0.0978. The van der Waals surface area contributed by atoms with E-state index in [-0.39, 0.29) is 10.7 Å². The second kappa shape index (κ2) is 8.16. The summed E-state index contributed by atoms with van der Waals surface area (Å²) >= 11 is 12.4. The highest BCUT2D eigenvalue weighted by Gasteiger charge is 2.21. The van der Waals surface area contributed by atoms with E-state index in [2.05, 4.69) is 4.98 Å². The molecule has 1 amide bonds. The van der Waals surface area contributed by atoms with E-state index in [0.29, 0.717) is 27.2 Å². The number of hydrogen-bond acceptors (Lipinski definition) is 4. The van der Waals surface area contributed by atoms with E-state index in [4.69, 9.17) is 23.2 Å². The zero-order chi connectivity index (χ0) is 23.2. The monoisotopic (exact) mass is 495 g/mol. The molecule has 0 saturated heterocycles. The molecule has 0 unspecified atom stereocenters. The van der Waals surface area contributed by atoms with Crippen LogP contribution in [-0.4, -0.2) is 30.1 Å². The molecule has 0 radical (unpaired) electrons. The van der Waals surface area contributed by atoms with Crippen molar-refractivity contribution in [3.05, 3.63) is 82.1 Å². The Labute approximate surface area is 191 Å². The van der Waals surface area contributed by atoms with Crippen molar-refractivity contribution in [2.75, 3.05) is 6.26 Å². The van der Waals surface area contributed by atoms with Gasteiger partial charge in [0.05, 0.1) is 27.6 Å². The molecule has 0 aliphatic heterocycles. The number of nitrogens with zero attached hydrogens (tertiary/aromatic N) is 2. The largest absolute Gasteiger partial charge is 0.299 e. The Kier molecular flexibility index (Phi) is 5.66. The maximum absolute atomic E-state index is 14.8. The average Bonchev–Trinajstić information content (AvgIpc) is 3.06. The number of sulfonamides is 1. The number of nitrogens with one attached hydrogen (secondary N) is 1. The van der Waals surface area contributed by atoms with Gasteiger partial charge in [-0.3, -0.25) is 9.36 Å². The Bertz CT molecular complexity index is 1500. The lowest BCUT2D eigenvalue weighted by atomic mass is 10.1. The smallest absolute Gasteiger partial charge is 0.267 e. The normalized spacial score (nSPS) is 11.7. The molecule has 6 nitrogen and oxygen atoms in total. The average molecular weight is 496 g/mol. The van der Waals surface area contributed by atoms with Crippen LogP contribution < -0.4 is 4.72 Å². The van der Waals surface area contributed by atoms with Gasteiger partial charge in [0.1, 0.15) is 17.3 Å². The third-order valence-corrected chi connectivity index (χ3v) is 5.63. The van der Waals surface area contributed by atoms with E-state index in [1.165, 1.54) is 22.9 Å². The second-order valence-corrected chi connectivity index (χ2v) is 9.53. The molecule has 0 spiro atoms. The van der Waals surface area contributed by atoms with Gasteiger partial charge in [-0.1, -0.05) is 35.3 Å². The third-order valence-electron chi connectivity index (χ3n) is 4.56. The number of pyridine rings is 1. The van der Waals surface area contributed by atoms with E-state index in [1.807, 2.05) is 0 Å². The van der Waals surface area contributed by atoms with Crippen LogP contribution in [0.2, 0.25) is 10.0 Å². The van der Waals surface area contributed by atoms with E-state index in [0.717, 1.165) is 18.4 Å². The number of hydrogen-bond donors (Lipinski definition) is 1. The van der Waals surface area contributed by atoms with E-state index < -0.39 is 33.1 Å². The highest BCUT2D eigenvalue weighted by Crippen LogP contribution is 2.35. The Hall–Kier alpha value is -3.01. The number of carbonyl (C=O) groups is 1. The molecule has 4 aromatic rings. The first-order valence-electron chi connectivity index (χ1n) is 8.97. The lowest BCUT2D eigenvalue weighted by Crippen LogP contribution is -2.30. The van der Waals surface area contributed by atoms with Gasteiger partial charge in [0, 0.05) is 29.4 Å². The summed E-state index contributed by atoms with van der Waals surface area (Å²) in [5.74, 6) is -2.58. The quantitative estimate of drug-likeness (QED) is 0.433. The molecule has 0 atom stereocenters. The van der Waals surface area contributed by atoms with Crippen LogP contribution in [0.1, 0.15) is 10.4 Å². The number of amides is 1. The first-order valence-corrected chi connectivity index (χ1v) is 11.6. The van der Waals surface area contributed by atoms with Gasteiger partial charge in [-0.05, 0) is 29.8 Å². The molecule has 0 aliphatic carbocycles. The van der Waals surface area contributed by atoms with Crippen molar-refractivity contribution in [1.82, 2.24) is 14.3 Å². The summed E-state index contributed by atoms with van der Waals surface area (Å²) in [4.78, 5) is 16.4. The first-order chi connectivity index (χ1) is 15.0. The minimum atomic E-state index is -3.89. The summed E-state index contributed by atoms with van der Waals surface area (Å²) in [7, 11) is -3.89. The maximum atomic E-state index is 14.8. The maximum Gasteiger partial charge on any atom is 0.267 e. The van der Waals surface area contributed by atoms with E-state index in [1.54, 1.807) is 29.1 Å². The van der Waals surface area contributed by atoms with Gasteiger partial charge in [-0.2, -0.15) is 0 Å². The van der Waals surface area contributed by atoms with Crippen molar-refractivity contribution >= 4 is 50.2 Å². The molecule has 1 N–H and O–H groups in total. The SMILES string of the molecule is CS(=O)(=O)NC(=O)c1cc(Cl)c(-n2cc(-c3cccc(F)c3)c3cc(Cl)cnc32)cc1F. The van der Waals surface area contributed by atoms with Gasteiger partial charge >= 0.3 is 0 Å². The Morgan fingerprint density at radius 1 is 1.12 bits per heavy atom. The number of carbonyl (C=O) groups excluding carboxylic acids is 1. The molecule has 0 fully saturated rings. The highest BCUT2D eigenvalue weighted by molar-refractivity contribution is 7.89. The van der Waals surface area contributed by atoms with Crippen LogP contribution in [0.4, 0.5) is 8.78 Å². The van der Waals surface area contributed by atoms with Crippen LogP contribution >= 0.6 is 23.2 Å². The second-order valence-electron chi connectivity index (χ2n) is 6.93. The minimum absolute atomic E-state index is 0.0375. The third kappa shape index (κ3) is 4.32. The molecule has 0 saturated carbocycles. The van der Waals surface area contributed by atoms with Crippen molar-refractivity contribution < 1.29 is 22.0 Å². The summed E-state index contributed by atoms with van der Waals surface area (Å²) in [6.07, 6.45) is 3.77. The van der Waals surface area contributed by atoms with E-state index >= 15 is 0 Å². The number of halogens is 4. The summed E-state index contributed by atoms with van der Waals surface area (Å²) in [6, 6.07) is 9.54. The summed E-state index contributed by atoms with van der Waals surface area (Å²) in [5, 5.41) is 0.876. The predicted octanol–water partition coefficient (Wildman–Crippen LogP) is 4.97. The Morgan fingerprint density at radius 3 is 2.56 bits per heavy atom. The molecule has 164 valence electrons. The fourth-order valence-corrected chi connectivity index (χ4v) is 4.13. The van der Waals surface area contributed by atoms with Crippen molar-refractivity contribution in [1.29, 1.82) is 0 Å². The number of fused-ring (bicyclic) bond motifs is 1. The highest BCUT2D eigenvalue weighted by atomic mass is 35.5. The number of aromatic nitrogens is 2. The number of rotatable bonds is 4. The lowest BCUT2D eigenvalue weighted by Gasteiger charge is -2.11. The van der Waals surface area contributed by atoms with Crippen LogP contribution in [0.25, 0.3) is 27.8 Å². The molecule has 0 aliphatic rings. The van der Waals surface area contributed by atoms with Gasteiger partial charge in [-0.25, -0.2) is 26.9 Å². The summed E-state index contributed by atoms with van der Waals surface area (Å²) in [5.41, 5.74) is 1.08. The van der Waals surface area contributed by atoms with E-state index in [9.17, 15) is 22.0 Å². The molecule has 2 aromatic heterocycles. The molecule has 11 heteroatoms. The van der Waals surface area contributed by atoms with Gasteiger partial charge in [0.25, 0.3) is 5.91 Å². The minimum Gasteiger partial charge on any atom is -0.299 e. The molecule has 32 heavy (non-hydrogen) atoms. The van der Waals surface area contributed by atoms with Crippen molar-refractivity contribution in [2.24, 2.45) is 0 Å². The molecule has 4 rings (SSSR count). The zero-order valence-corrected chi connectivity index (χ0v) is 18.6. The molecular weight excluding hydrogens is 483 g/mol. The van der Waals surface area contributed by atoms with Crippen molar-refractivity contribution in [3.8, 4) is 16.8 Å². The molecular formula is C21H13Cl2F2N3O3S. The van der Waals surface area contributed by atoms with Crippen molar-refractivity contribution in [3.63, 3.8) is 0 Å². The van der Waals surface area contributed by atoms with Crippen LogP contribution in [0.3, 0.4) is 0 Å².